The van der Waals surface area contributed by atoms with E-state index in [0.717, 1.165) is 17.8 Å². The summed E-state index contributed by atoms with van der Waals surface area (Å²) < 4.78 is 0. The normalized spacial score (nSPS) is 14.1. The summed E-state index contributed by atoms with van der Waals surface area (Å²) in [5.41, 5.74) is 0. The molecule has 80 valence electrons. The molecule has 0 heterocycles. The molecule has 0 unspecified atom stereocenters. The predicted molar refractivity (Wildman–Crippen MR) is 60.9 cm³/mol. The first kappa shape index (κ1) is 13.0. The van der Waals surface area contributed by atoms with E-state index < -0.39 is 0 Å². The number of nitrogens with one attached hydrogen (secondary N) is 1. The molecule has 0 fully saturated rings. The van der Waals surface area contributed by atoms with E-state index in [-0.39, 0.29) is 0 Å². The topological polar surface area (TPSA) is 12.0 Å². The standard InChI is InChI=1S/C12H27N/c1-10(2)6-7-12(9-13-5)8-11(3)4/h10-13H,6-9H2,1-5H3/t12-/m0/s1. The second-order valence-corrected chi connectivity index (χ2v) is 5.02. The van der Waals surface area contributed by atoms with Crippen LogP contribution in [0.25, 0.3) is 0 Å². The van der Waals surface area contributed by atoms with Crippen LogP contribution in [0.1, 0.15) is 47.0 Å². The van der Waals surface area contributed by atoms with E-state index in [0.29, 0.717) is 0 Å². The lowest BCUT2D eigenvalue weighted by molar-refractivity contribution is 0.348. The van der Waals surface area contributed by atoms with Crippen LogP contribution in [0.2, 0.25) is 0 Å². The van der Waals surface area contributed by atoms with E-state index in [1.807, 2.05) is 0 Å². The van der Waals surface area contributed by atoms with Gasteiger partial charge in [-0.1, -0.05) is 34.1 Å². The molecule has 0 aliphatic rings. The second kappa shape index (κ2) is 7.37. The Balaban J connectivity index is 3.66. The van der Waals surface area contributed by atoms with Gasteiger partial charge in [-0.25, -0.2) is 0 Å². The molecule has 0 amide bonds. The Morgan fingerprint density at radius 1 is 0.923 bits per heavy atom. The van der Waals surface area contributed by atoms with E-state index in [1.165, 1.54) is 25.8 Å². The predicted octanol–water partition coefficient (Wildman–Crippen LogP) is 3.30. The maximum absolute atomic E-state index is 3.30. The summed E-state index contributed by atoms with van der Waals surface area (Å²) >= 11 is 0. The Morgan fingerprint density at radius 2 is 1.54 bits per heavy atom. The molecule has 0 aromatic heterocycles. The summed E-state index contributed by atoms with van der Waals surface area (Å²) in [4.78, 5) is 0. The van der Waals surface area contributed by atoms with Crippen molar-refractivity contribution >= 4 is 0 Å². The lowest BCUT2D eigenvalue weighted by atomic mass is 9.90. The first-order valence-corrected chi connectivity index (χ1v) is 5.70. The summed E-state index contributed by atoms with van der Waals surface area (Å²) in [7, 11) is 2.06. The number of rotatable bonds is 7. The summed E-state index contributed by atoms with van der Waals surface area (Å²) in [6, 6.07) is 0. The number of hydrogen-bond acceptors (Lipinski definition) is 1. The van der Waals surface area contributed by atoms with Crippen molar-refractivity contribution in [3.05, 3.63) is 0 Å². The Morgan fingerprint density at radius 3 is 1.92 bits per heavy atom. The third-order valence-corrected chi connectivity index (χ3v) is 2.45. The van der Waals surface area contributed by atoms with Gasteiger partial charge in [0, 0.05) is 0 Å². The van der Waals surface area contributed by atoms with Gasteiger partial charge in [0.05, 0.1) is 0 Å². The van der Waals surface area contributed by atoms with Crippen LogP contribution in [0, 0.1) is 17.8 Å². The quantitative estimate of drug-likeness (QED) is 0.641. The molecule has 0 rings (SSSR count). The molecule has 0 spiro atoms. The summed E-state index contributed by atoms with van der Waals surface area (Å²) in [6.45, 7) is 10.4. The highest BCUT2D eigenvalue weighted by Crippen LogP contribution is 2.18. The van der Waals surface area contributed by atoms with Gasteiger partial charge >= 0.3 is 0 Å². The Hall–Kier alpha value is -0.0400. The van der Waals surface area contributed by atoms with Crippen molar-refractivity contribution < 1.29 is 0 Å². The first-order valence-electron chi connectivity index (χ1n) is 5.70. The van der Waals surface area contributed by atoms with Gasteiger partial charge in [-0.2, -0.15) is 0 Å². The minimum absolute atomic E-state index is 0.838. The monoisotopic (exact) mass is 185 g/mol. The van der Waals surface area contributed by atoms with Gasteiger partial charge < -0.3 is 5.32 Å². The largest absolute Gasteiger partial charge is 0.319 e. The highest BCUT2D eigenvalue weighted by atomic mass is 14.8. The molecule has 0 aromatic carbocycles. The highest BCUT2D eigenvalue weighted by molar-refractivity contribution is 4.64. The molecular formula is C12H27N. The highest BCUT2D eigenvalue weighted by Gasteiger charge is 2.10. The van der Waals surface area contributed by atoms with Gasteiger partial charge in [0.2, 0.25) is 0 Å². The zero-order valence-electron chi connectivity index (χ0n) is 10.1. The molecule has 1 atom stereocenters. The minimum Gasteiger partial charge on any atom is -0.319 e. The fourth-order valence-corrected chi connectivity index (χ4v) is 1.83. The van der Waals surface area contributed by atoms with Crippen molar-refractivity contribution in [3.63, 3.8) is 0 Å². The van der Waals surface area contributed by atoms with Crippen LogP contribution in [-0.4, -0.2) is 13.6 Å². The summed E-state index contributed by atoms with van der Waals surface area (Å²) in [5.74, 6) is 2.57. The van der Waals surface area contributed by atoms with Crippen molar-refractivity contribution in [2.24, 2.45) is 17.8 Å². The third-order valence-electron chi connectivity index (χ3n) is 2.45. The van der Waals surface area contributed by atoms with Gasteiger partial charge in [-0.05, 0) is 44.2 Å². The average Bonchev–Trinajstić information content (AvgIpc) is 1.99. The molecule has 1 N–H and O–H groups in total. The van der Waals surface area contributed by atoms with Gasteiger partial charge in [0.1, 0.15) is 0 Å². The van der Waals surface area contributed by atoms with Crippen LogP contribution in [0.5, 0.6) is 0 Å². The van der Waals surface area contributed by atoms with Crippen LogP contribution in [-0.2, 0) is 0 Å². The second-order valence-electron chi connectivity index (χ2n) is 5.02. The van der Waals surface area contributed by atoms with E-state index in [2.05, 4.69) is 40.1 Å². The lowest BCUT2D eigenvalue weighted by Gasteiger charge is -2.19. The Labute approximate surface area is 84.3 Å². The van der Waals surface area contributed by atoms with E-state index >= 15 is 0 Å². The minimum atomic E-state index is 0.838. The third kappa shape index (κ3) is 8.29. The molecule has 0 saturated carbocycles. The van der Waals surface area contributed by atoms with Gasteiger partial charge in [-0.3, -0.25) is 0 Å². The van der Waals surface area contributed by atoms with E-state index in [9.17, 15) is 0 Å². The molecule has 0 aromatic rings. The van der Waals surface area contributed by atoms with Crippen LogP contribution >= 0.6 is 0 Å². The van der Waals surface area contributed by atoms with Crippen LogP contribution in [0.4, 0.5) is 0 Å². The Kier molecular flexibility index (Phi) is 7.35. The summed E-state index contributed by atoms with van der Waals surface area (Å²) in [6.07, 6.45) is 4.13. The fraction of sp³-hybridized carbons (Fsp3) is 1.00. The first-order chi connectivity index (χ1) is 6.06. The molecule has 0 saturated heterocycles. The molecule has 0 radical (unpaired) electrons. The Bertz CT molecular complexity index is 108. The average molecular weight is 185 g/mol. The molecule has 1 nitrogen and oxygen atoms in total. The van der Waals surface area contributed by atoms with Gasteiger partial charge in [0.15, 0.2) is 0 Å². The van der Waals surface area contributed by atoms with E-state index in [1.54, 1.807) is 0 Å². The molecule has 0 aliphatic carbocycles. The van der Waals surface area contributed by atoms with Gasteiger partial charge in [0.25, 0.3) is 0 Å². The lowest BCUT2D eigenvalue weighted by Crippen LogP contribution is -2.20. The van der Waals surface area contributed by atoms with Crippen LogP contribution in [0.3, 0.4) is 0 Å². The zero-order chi connectivity index (χ0) is 10.3. The molecule has 1 heteroatoms. The SMILES string of the molecule is CNC[C@@H](CCC(C)C)CC(C)C. The van der Waals surface area contributed by atoms with Crippen LogP contribution in [0.15, 0.2) is 0 Å². The fourth-order valence-electron chi connectivity index (χ4n) is 1.83. The van der Waals surface area contributed by atoms with Crippen molar-refractivity contribution in [1.82, 2.24) is 5.32 Å². The van der Waals surface area contributed by atoms with Crippen molar-refractivity contribution in [2.45, 2.75) is 47.0 Å². The van der Waals surface area contributed by atoms with Gasteiger partial charge in [-0.15, -0.1) is 0 Å². The smallest absolute Gasteiger partial charge is 0.00234 e. The van der Waals surface area contributed by atoms with Crippen molar-refractivity contribution in [3.8, 4) is 0 Å². The molecular weight excluding hydrogens is 158 g/mol. The maximum atomic E-state index is 3.30. The van der Waals surface area contributed by atoms with E-state index in [4.69, 9.17) is 0 Å². The maximum Gasteiger partial charge on any atom is -0.00234 e. The molecule has 0 bridgehead atoms. The van der Waals surface area contributed by atoms with Crippen molar-refractivity contribution in [2.75, 3.05) is 13.6 Å². The molecule has 0 aliphatic heterocycles. The summed E-state index contributed by atoms with van der Waals surface area (Å²) in [5, 5.41) is 3.30. The van der Waals surface area contributed by atoms with Crippen molar-refractivity contribution in [1.29, 1.82) is 0 Å². The zero-order valence-corrected chi connectivity index (χ0v) is 10.1. The molecule has 13 heavy (non-hydrogen) atoms. The number of hydrogen-bond donors (Lipinski definition) is 1. The van der Waals surface area contributed by atoms with Crippen LogP contribution < -0.4 is 5.32 Å².